The Balaban J connectivity index is 1.99. The van der Waals surface area contributed by atoms with Gasteiger partial charge in [0.25, 0.3) is 0 Å². The lowest BCUT2D eigenvalue weighted by atomic mass is 10.4. The van der Waals surface area contributed by atoms with Crippen molar-refractivity contribution in [3.63, 3.8) is 0 Å². The van der Waals surface area contributed by atoms with Gasteiger partial charge in [-0.2, -0.15) is 0 Å². The minimum absolute atomic E-state index is 0.00540. The number of hydrogen-bond donors (Lipinski definition) is 2. The number of carbonyl (C=O) groups is 1. The molecule has 1 amide bonds. The number of hydrogen-bond acceptors (Lipinski definition) is 4. The molecule has 18 heavy (non-hydrogen) atoms. The van der Waals surface area contributed by atoms with Crippen molar-refractivity contribution < 1.29 is 4.79 Å². The molecule has 0 saturated carbocycles. The molecule has 2 rings (SSSR count). The maximum Gasteiger partial charge on any atom is 0.233 e. The van der Waals surface area contributed by atoms with E-state index in [0.717, 1.165) is 15.9 Å². The van der Waals surface area contributed by atoms with E-state index in [2.05, 4.69) is 36.5 Å². The van der Waals surface area contributed by atoms with E-state index in [1.807, 2.05) is 17.5 Å². The Morgan fingerprint density at radius 1 is 1.44 bits per heavy atom. The lowest BCUT2D eigenvalue weighted by Crippen LogP contribution is -2.33. The molecule has 0 saturated heterocycles. The van der Waals surface area contributed by atoms with Gasteiger partial charge in [-0.05, 0) is 22.9 Å². The molecule has 2 heterocycles. The number of aromatic nitrogens is 3. The van der Waals surface area contributed by atoms with Crippen LogP contribution in [-0.2, 0) is 11.3 Å². The van der Waals surface area contributed by atoms with Crippen LogP contribution >= 0.6 is 15.9 Å². The van der Waals surface area contributed by atoms with Gasteiger partial charge in [-0.15, -0.1) is 0 Å². The van der Waals surface area contributed by atoms with Crippen LogP contribution in [0.5, 0.6) is 0 Å². The second-order valence-electron chi connectivity index (χ2n) is 3.74. The van der Waals surface area contributed by atoms with E-state index in [1.54, 1.807) is 12.4 Å². The molecule has 0 aliphatic rings. The van der Waals surface area contributed by atoms with Crippen LogP contribution in [0.25, 0.3) is 5.65 Å². The molecule has 0 fully saturated rings. The third-order valence-corrected chi connectivity index (χ3v) is 2.82. The summed E-state index contributed by atoms with van der Waals surface area (Å²) in [6.07, 6.45) is 5.32. The second kappa shape index (κ2) is 5.92. The molecule has 96 valence electrons. The number of amides is 1. The summed E-state index contributed by atoms with van der Waals surface area (Å²) in [5, 5.41) is 5.81. The van der Waals surface area contributed by atoms with Crippen molar-refractivity contribution in [2.75, 3.05) is 13.1 Å². The van der Waals surface area contributed by atoms with Gasteiger partial charge >= 0.3 is 0 Å². The van der Waals surface area contributed by atoms with E-state index in [0.29, 0.717) is 19.6 Å². The zero-order valence-electron chi connectivity index (χ0n) is 9.98. The number of nitrogens with one attached hydrogen (secondary N) is 2. The predicted molar refractivity (Wildman–Crippen MR) is 71.1 cm³/mol. The molecular weight excluding hydrogens is 298 g/mol. The van der Waals surface area contributed by atoms with Gasteiger partial charge in [0.2, 0.25) is 5.91 Å². The summed E-state index contributed by atoms with van der Waals surface area (Å²) in [4.78, 5) is 19.6. The maximum atomic E-state index is 11.3. The Bertz CT molecular complexity index is 553. The molecule has 0 unspecified atom stereocenters. The second-order valence-corrected chi connectivity index (χ2v) is 4.56. The molecular formula is C11H14BrN5O. The lowest BCUT2D eigenvalue weighted by Gasteiger charge is -2.05. The Morgan fingerprint density at radius 3 is 3.06 bits per heavy atom. The van der Waals surface area contributed by atoms with E-state index in [4.69, 9.17) is 0 Å². The predicted octanol–water partition coefficient (Wildman–Crippen LogP) is 0.718. The quantitative estimate of drug-likeness (QED) is 0.853. The molecule has 7 heteroatoms. The van der Waals surface area contributed by atoms with E-state index in [-0.39, 0.29) is 5.91 Å². The van der Waals surface area contributed by atoms with Crippen molar-refractivity contribution in [2.45, 2.75) is 13.5 Å². The topological polar surface area (TPSA) is 71.3 Å². The SMILES string of the molecule is CCNC(=O)CNCc1cnc2cnc(Br)cn12. The monoisotopic (exact) mass is 311 g/mol. The zero-order valence-corrected chi connectivity index (χ0v) is 11.6. The van der Waals surface area contributed by atoms with E-state index >= 15 is 0 Å². The molecule has 0 aliphatic carbocycles. The molecule has 0 aromatic carbocycles. The summed E-state index contributed by atoms with van der Waals surface area (Å²) in [5.41, 5.74) is 1.77. The minimum atomic E-state index is -0.00540. The molecule has 0 bridgehead atoms. The maximum absolute atomic E-state index is 11.3. The van der Waals surface area contributed by atoms with Gasteiger partial charge in [0.05, 0.1) is 24.6 Å². The number of imidazole rings is 1. The normalized spacial score (nSPS) is 10.8. The molecule has 2 aromatic heterocycles. The van der Waals surface area contributed by atoms with E-state index in [1.165, 1.54) is 0 Å². The van der Waals surface area contributed by atoms with Crippen molar-refractivity contribution in [1.29, 1.82) is 0 Å². The van der Waals surface area contributed by atoms with Gasteiger partial charge in [-0.1, -0.05) is 0 Å². The Morgan fingerprint density at radius 2 is 2.28 bits per heavy atom. The summed E-state index contributed by atoms with van der Waals surface area (Å²) < 4.78 is 2.68. The Hall–Kier alpha value is -1.47. The van der Waals surface area contributed by atoms with Crippen molar-refractivity contribution in [1.82, 2.24) is 25.0 Å². The lowest BCUT2D eigenvalue weighted by molar-refractivity contribution is -0.120. The summed E-state index contributed by atoms with van der Waals surface area (Å²) in [5.74, 6) is -0.00540. The van der Waals surface area contributed by atoms with Gasteiger partial charge in [-0.3, -0.25) is 9.20 Å². The smallest absolute Gasteiger partial charge is 0.233 e. The fourth-order valence-corrected chi connectivity index (χ4v) is 1.92. The molecule has 6 nitrogen and oxygen atoms in total. The first-order valence-corrected chi connectivity index (χ1v) is 6.45. The first-order valence-electron chi connectivity index (χ1n) is 5.65. The van der Waals surface area contributed by atoms with Crippen molar-refractivity contribution >= 4 is 27.5 Å². The zero-order chi connectivity index (χ0) is 13.0. The van der Waals surface area contributed by atoms with Crippen LogP contribution in [0.1, 0.15) is 12.6 Å². The van der Waals surface area contributed by atoms with Gasteiger partial charge in [0.1, 0.15) is 4.60 Å². The molecule has 0 spiro atoms. The van der Waals surface area contributed by atoms with E-state index < -0.39 is 0 Å². The number of nitrogens with zero attached hydrogens (tertiary/aromatic N) is 3. The standard InChI is InChI=1S/C11H14BrN5O/c1-2-14-11(18)6-13-3-8-4-16-10-5-15-9(12)7-17(8)10/h4-5,7,13H,2-3,6H2,1H3,(H,14,18). The van der Waals surface area contributed by atoms with Crippen molar-refractivity contribution in [3.8, 4) is 0 Å². The first kappa shape index (κ1) is 13.0. The van der Waals surface area contributed by atoms with Gasteiger partial charge in [0.15, 0.2) is 5.65 Å². The number of rotatable bonds is 5. The van der Waals surface area contributed by atoms with Crippen LogP contribution in [0, 0.1) is 0 Å². The van der Waals surface area contributed by atoms with Crippen LogP contribution in [-0.4, -0.2) is 33.4 Å². The van der Waals surface area contributed by atoms with Gasteiger partial charge < -0.3 is 10.6 Å². The molecule has 2 aromatic rings. The fourth-order valence-electron chi connectivity index (χ4n) is 1.61. The minimum Gasteiger partial charge on any atom is -0.355 e. The number of halogens is 1. The highest BCUT2D eigenvalue weighted by Gasteiger charge is 2.05. The average molecular weight is 312 g/mol. The Labute approximate surface area is 113 Å². The fraction of sp³-hybridized carbons (Fsp3) is 0.364. The molecule has 2 N–H and O–H groups in total. The average Bonchev–Trinajstić information content (AvgIpc) is 2.72. The molecule has 0 aliphatic heterocycles. The summed E-state index contributed by atoms with van der Waals surface area (Å²) >= 11 is 3.32. The molecule has 0 radical (unpaired) electrons. The van der Waals surface area contributed by atoms with Crippen LogP contribution in [0.3, 0.4) is 0 Å². The highest BCUT2D eigenvalue weighted by molar-refractivity contribution is 9.10. The summed E-state index contributed by atoms with van der Waals surface area (Å²) in [6, 6.07) is 0. The van der Waals surface area contributed by atoms with Crippen LogP contribution in [0.2, 0.25) is 0 Å². The van der Waals surface area contributed by atoms with Gasteiger partial charge in [0, 0.05) is 19.3 Å². The van der Waals surface area contributed by atoms with Crippen LogP contribution in [0.4, 0.5) is 0 Å². The largest absolute Gasteiger partial charge is 0.355 e. The van der Waals surface area contributed by atoms with Crippen molar-refractivity contribution in [3.05, 3.63) is 28.9 Å². The van der Waals surface area contributed by atoms with Crippen molar-refractivity contribution in [2.24, 2.45) is 0 Å². The summed E-state index contributed by atoms with van der Waals surface area (Å²) in [6.45, 7) is 3.42. The third-order valence-electron chi connectivity index (χ3n) is 2.41. The Kier molecular flexibility index (Phi) is 4.27. The van der Waals surface area contributed by atoms with E-state index in [9.17, 15) is 4.79 Å². The number of likely N-dealkylation sites (N-methyl/N-ethyl adjacent to an activating group) is 1. The van der Waals surface area contributed by atoms with Crippen LogP contribution in [0.15, 0.2) is 23.2 Å². The highest BCUT2D eigenvalue weighted by Crippen LogP contribution is 2.10. The molecule has 0 atom stereocenters. The third kappa shape index (κ3) is 3.05. The first-order chi connectivity index (χ1) is 8.70. The number of fused-ring (bicyclic) bond motifs is 1. The number of carbonyl (C=O) groups excluding carboxylic acids is 1. The highest BCUT2D eigenvalue weighted by atomic mass is 79.9. The van der Waals surface area contributed by atoms with Gasteiger partial charge in [-0.25, -0.2) is 9.97 Å². The van der Waals surface area contributed by atoms with Crippen LogP contribution < -0.4 is 10.6 Å². The summed E-state index contributed by atoms with van der Waals surface area (Å²) in [7, 11) is 0.